The standard InChI is InChI=1S/C32H31BrClN3O6S2/c1-4-42-25-11-9-24(10-12-25)37(45(39,40)27-15-13-26(44-3)14-16-27)20-31(38)36-35-19-22-17-28(33)32(30(18-22)41-2)43-21-23-7-5-6-8-29(23)34/h5-19H,4,20-21H2,1-3H3,(H,36,38)/b35-19-. The number of thioether (sulfide) groups is 1. The first-order valence-corrected chi connectivity index (χ1v) is 17.4. The smallest absolute Gasteiger partial charge is 0.264 e. The number of carbonyl (C=O) groups excluding carboxylic acids is 1. The normalized spacial score (nSPS) is 11.3. The first-order chi connectivity index (χ1) is 21.7. The number of nitrogens with one attached hydrogen (secondary N) is 1. The minimum Gasteiger partial charge on any atom is -0.494 e. The molecular weight excluding hydrogens is 702 g/mol. The summed E-state index contributed by atoms with van der Waals surface area (Å²) in [5.74, 6) is 0.846. The molecule has 45 heavy (non-hydrogen) atoms. The molecule has 0 saturated heterocycles. The van der Waals surface area contributed by atoms with Crippen LogP contribution in [0.15, 0.2) is 104 Å². The minimum absolute atomic E-state index is 0.0549. The van der Waals surface area contributed by atoms with Crippen molar-refractivity contribution in [3.05, 3.63) is 106 Å². The Morgan fingerprint density at radius 3 is 2.40 bits per heavy atom. The number of hydrogen-bond acceptors (Lipinski definition) is 8. The van der Waals surface area contributed by atoms with Crippen molar-refractivity contribution in [1.82, 2.24) is 5.43 Å². The molecule has 0 spiro atoms. The highest BCUT2D eigenvalue weighted by molar-refractivity contribution is 9.10. The van der Waals surface area contributed by atoms with Crippen molar-refractivity contribution in [3.8, 4) is 17.2 Å². The average molecular weight is 733 g/mol. The van der Waals surface area contributed by atoms with Crippen LogP contribution in [-0.2, 0) is 21.4 Å². The lowest BCUT2D eigenvalue weighted by Crippen LogP contribution is -2.39. The number of rotatable bonds is 14. The van der Waals surface area contributed by atoms with Crippen LogP contribution in [0.4, 0.5) is 5.69 Å². The largest absolute Gasteiger partial charge is 0.494 e. The summed E-state index contributed by atoms with van der Waals surface area (Å²) in [5, 5.41) is 4.64. The zero-order valence-corrected chi connectivity index (χ0v) is 28.7. The second kappa shape index (κ2) is 16.0. The Bertz CT molecular complexity index is 1750. The summed E-state index contributed by atoms with van der Waals surface area (Å²) in [7, 11) is -2.59. The summed E-state index contributed by atoms with van der Waals surface area (Å²) in [5.41, 5.74) is 4.13. The molecule has 0 fully saturated rings. The number of amides is 1. The molecule has 4 aromatic rings. The number of hydrazone groups is 1. The number of methoxy groups -OCH3 is 1. The Hall–Kier alpha value is -3.71. The van der Waals surface area contributed by atoms with Gasteiger partial charge in [-0.2, -0.15) is 5.10 Å². The molecule has 4 rings (SSSR count). The van der Waals surface area contributed by atoms with E-state index >= 15 is 0 Å². The van der Waals surface area contributed by atoms with Crippen LogP contribution in [-0.4, -0.2) is 47.1 Å². The van der Waals surface area contributed by atoms with Crippen molar-refractivity contribution < 1.29 is 27.4 Å². The molecular formula is C32H31BrClN3O6S2. The third-order valence-electron chi connectivity index (χ3n) is 6.35. The number of benzene rings is 4. The van der Waals surface area contributed by atoms with Crippen LogP contribution in [0.5, 0.6) is 17.2 Å². The number of carbonyl (C=O) groups is 1. The van der Waals surface area contributed by atoms with Gasteiger partial charge < -0.3 is 14.2 Å². The Kier molecular flexibility index (Phi) is 12.2. The summed E-state index contributed by atoms with van der Waals surface area (Å²) >= 11 is 11.3. The fraction of sp³-hybridized carbons (Fsp3) is 0.188. The second-order valence-electron chi connectivity index (χ2n) is 9.32. The topological polar surface area (TPSA) is 107 Å². The van der Waals surface area contributed by atoms with Crippen LogP contribution in [0.25, 0.3) is 0 Å². The second-order valence-corrected chi connectivity index (χ2v) is 13.3. The molecule has 0 aliphatic carbocycles. The summed E-state index contributed by atoms with van der Waals surface area (Å²) < 4.78 is 46.0. The van der Waals surface area contributed by atoms with Crippen LogP contribution in [0.3, 0.4) is 0 Å². The fourth-order valence-corrected chi connectivity index (χ4v) is 6.72. The number of ether oxygens (including phenoxy) is 3. The minimum atomic E-state index is -4.10. The fourth-order valence-electron chi connectivity index (χ4n) is 4.13. The lowest BCUT2D eigenvalue weighted by Gasteiger charge is -2.24. The van der Waals surface area contributed by atoms with Crippen LogP contribution in [0, 0.1) is 0 Å². The third-order valence-corrected chi connectivity index (χ3v) is 9.84. The predicted octanol–water partition coefficient (Wildman–Crippen LogP) is 7.16. The van der Waals surface area contributed by atoms with E-state index in [1.54, 1.807) is 54.6 Å². The molecule has 0 heterocycles. The maximum atomic E-state index is 13.7. The zero-order chi connectivity index (χ0) is 32.4. The van der Waals surface area contributed by atoms with Gasteiger partial charge >= 0.3 is 0 Å². The summed E-state index contributed by atoms with van der Waals surface area (Å²) in [4.78, 5) is 14.0. The van der Waals surface area contributed by atoms with Gasteiger partial charge in [0.1, 0.15) is 18.9 Å². The molecule has 13 heteroatoms. The van der Waals surface area contributed by atoms with Gasteiger partial charge in [0, 0.05) is 15.5 Å². The van der Waals surface area contributed by atoms with E-state index in [0.717, 1.165) is 14.8 Å². The van der Waals surface area contributed by atoms with Crippen molar-refractivity contribution >= 4 is 67.1 Å². The maximum Gasteiger partial charge on any atom is 0.264 e. The van der Waals surface area contributed by atoms with Crippen molar-refractivity contribution in [3.63, 3.8) is 0 Å². The number of hydrogen-bond donors (Lipinski definition) is 1. The molecule has 0 radical (unpaired) electrons. The van der Waals surface area contributed by atoms with Gasteiger partial charge in [0.2, 0.25) is 0 Å². The Morgan fingerprint density at radius 2 is 1.76 bits per heavy atom. The highest BCUT2D eigenvalue weighted by Gasteiger charge is 2.27. The van der Waals surface area contributed by atoms with Gasteiger partial charge in [-0.1, -0.05) is 29.8 Å². The highest BCUT2D eigenvalue weighted by Crippen LogP contribution is 2.37. The van der Waals surface area contributed by atoms with Crippen LogP contribution in [0.1, 0.15) is 18.1 Å². The molecule has 0 aliphatic heterocycles. The molecule has 4 aromatic carbocycles. The molecule has 0 aliphatic rings. The molecule has 0 aromatic heterocycles. The van der Waals surface area contributed by atoms with Gasteiger partial charge in [0.05, 0.1) is 35.0 Å². The SMILES string of the molecule is CCOc1ccc(N(CC(=O)N/N=C\c2cc(Br)c(OCc3ccccc3Cl)c(OC)c2)S(=O)(=O)c2ccc(SC)cc2)cc1. The van der Waals surface area contributed by atoms with Gasteiger partial charge in [0.15, 0.2) is 11.5 Å². The highest BCUT2D eigenvalue weighted by atomic mass is 79.9. The molecule has 0 bridgehead atoms. The maximum absolute atomic E-state index is 13.7. The van der Waals surface area contributed by atoms with Crippen LogP contribution in [0.2, 0.25) is 5.02 Å². The Balaban J connectivity index is 1.50. The first kappa shape index (κ1) is 34.2. The lowest BCUT2D eigenvalue weighted by atomic mass is 10.2. The molecule has 1 N–H and O–H groups in total. The monoisotopic (exact) mass is 731 g/mol. The van der Waals surface area contributed by atoms with Crippen molar-refractivity contribution in [1.29, 1.82) is 0 Å². The number of nitrogens with zero attached hydrogens (tertiary/aromatic N) is 2. The van der Waals surface area contributed by atoms with E-state index in [-0.39, 0.29) is 11.5 Å². The molecule has 236 valence electrons. The molecule has 0 atom stereocenters. The molecule has 0 saturated carbocycles. The van der Waals surface area contributed by atoms with E-state index in [4.69, 9.17) is 25.8 Å². The number of sulfonamides is 1. The third kappa shape index (κ3) is 8.94. The number of halogens is 2. The van der Waals surface area contributed by atoms with Gasteiger partial charge in [-0.15, -0.1) is 11.8 Å². The van der Waals surface area contributed by atoms with E-state index < -0.39 is 22.5 Å². The van der Waals surface area contributed by atoms with E-state index in [2.05, 4.69) is 26.5 Å². The average Bonchev–Trinajstić information content (AvgIpc) is 3.04. The molecule has 9 nitrogen and oxygen atoms in total. The van der Waals surface area contributed by atoms with E-state index in [0.29, 0.717) is 44.6 Å². The van der Waals surface area contributed by atoms with E-state index in [9.17, 15) is 13.2 Å². The predicted molar refractivity (Wildman–Crippen MR) is 183 cm³/mol. The van der Waals surface area contributed by atoms with Crippen LogP contribution < -0.4 is 23.9 Å². The summed E-state index contributed by atoms with van der Waals surface area (Å²) in [6.45, 7) is 2.03. The van der Waals surface area contributed by atoms with Crippen LogP contribution >= 0.6 is 39.3 Å². The quantitative estimate of drug-likeness (QED) is 0.0834. The summed E-state index contributed by atoms with van der Waals surface area (Å²) in [6.07, 6.45) is 3.32. The van der Waals surface area contributed by atoms with E-state index in [1.807, 2.05) is 31.4 Å². The lowest BCUT2D eigenvalue weighted by molar-refractivity contribution is -0.119. The van der Waals surface area contributed by atoms with Crippen molar-refractivity contribution in [2.75, 3.05) is 30.8 Å². The Morgan fingerprint density at radius 1 is 1.04 bits per heavy atom. The van der Waals surface area contributed by atoms with Crippen molar-refractivity contribution in [2.45, 2.75) is 23.3 Å². The van der Waals surface area contributed by atoms with Crippen molar-refractivity contribution in [2.24, 2.45) is 5.10 Å². The first-order valence-electron chi connectivity index (χ1n) is 13.6. The zero-order valence-electron chi connectivity index (χ0n) is 24.7. The summed E-state index contributed by atoms with van der Waals surface area (Å²) in [6, 6.07) is 23.8. The van der Waals surface area contributed by atoms with Gasteiger partial charge in [-0.05, 0) is 101 Å². The molecule has 1 amide bonds. The van der Waals surface area contributed by atoms with Gasteiger partial charge in [0.25, 0.3) is 15.9 Å². The molecule has 0 unspecified atom stereocenters. The van der Waals surface area contributed by atoms with E-state index in [1.165, 1.54) is 37.2 Å². The number of anilines is 1. The van der Waals surface area contributed by atoms with Gasteiger partial charge in [-0.3, -0.25) is 9.10 Å². The van der Waals surface area contributed by atoms with Gasteiger partial charge in [-0.25, -0.2) is 13.8 Å². The Labute approximate surface area is 280 Å².